The van der Waals surface area contributed by atoms with Crippen LogP contribution in [-0.2, 0) is 6.54 Å². The van der Waals surface area contributed by atoms with Crippen LogP contribution in [0.3, 0.4) is 0 Å². The lowest BCUT2D eigenvalue weighted by Crippen LogP contribution is -2.42. The Hall–Kier alpha value is -1.57. The van der Waals surface area contributed by atoms with Gasteiger partial charge in [0, 0.05) is 12.1 Å². The summed E-state index contributed by atoms with van der Waals surface area (Å²) in [6.07, 6.45) is 0. The zero-order valence-corrected chi connectivity index (χ0v) is 13.9. The summed E-state index contributed by atoms with van der Waals surface area (Å²) in [6, 6.07) is 7.89. The summed E-state index contributed by atoms with van der Waals surface area (Å²) in [6.45, 7) is 7.02. The average Bonchev–Trinajstić information content (AvgIpc) is 2.77. The number of halogens is 1. The van der Waals surface area contributed by atoms with Crippen LogP contribution in [0.25, 0.3) is 11.0 Å². The second kappa shape index (κ2) is 5.67. The van der Waals surface area contributed by atoms with E-state index >= 15 is 0 Å². The van der Waals surface area contributed by atoms with Gasteiger partial charge < -0.3 is 9.47 Å². The first-order valence-electron chi connectivity index (χ1n) is 6.98. The topological polar surface area (TPSA) is 44.9 Å². The van der Waals surface area contributed by atoms with Gasteiger partial charge in [-0.25, -0.2) is 4.98 Å². The summed E-state index contributed by atoms with van der Waals surface area (Å²) in [5.74, 6) is 0.810. The van der Waals surface area contributed by atoms with Crippen LogP contribution < -0.4 is 0 Å². The summed E-state index contributed by atoms with van der Waals surface area (Å²) in [5.41, 5.74) is 2.24. The molecule has 0 aliphatic rings. The van der Waals surface area contributed by atoms with E-state index in [2.05, 4.69) is 48.5 Å². The maximum absolute atomic E-state index is 9.25. The lowest BCUT2D eigenvalue weighted by atomic mass is 10.0. The van der Waals surface area contributed by atoms with Crippen LogP contribution in [-0.4, -0.2) is 34.1 Å². The van der Waals surface area contributed by atoms with E-state index < -0.39 is 0 Å². The number of likely N-dealkylation sites (N-methyl/N-ethyl adjacent to an activating group) is 1. The molecule has 0 fully saturated rings. The molecule has 0 saturated carbocycles. The molecule has 1 heterocycles. The SMILES string of the molecule is CC(Cl)c1nc2c(C#N)cccc2n1CC(C)(C)N(C)C. The summed E-state index contributed by atoms with van der Waals surface area (Å²) >= 11 is 6.30. The van der Waals surface area contributed by atoms with Gasteiger partial charge in [0.25, 0.3) is 0 Å². The van der Waals surface area contributed by atoms with E-state index in [0.29, 0.717) is 5.56 Å². The van der Waals surface area contributed by atoms with Crippen molar-refractivity contribution in [3.05, 3.63) is 29.6 Å². The molecule has 0 N–H and O–H groups in total. The number of para-hydroxylation sites is 1. The highest BCUT2D eigenvalue weighted by atomic mass is 35.5. The van der Waals surface area contributed by atoms with Crippen molar-refractivity contribution in [2.24, 2.45) is 0 Å². The number of alkyl halides is 1. The fourth-order valence-electron chi connectivity index (χ4n) is 2.25. The van der Waals surface area contributed by atoms with E-state index in [4.69, 9.17) is 11.6 Å². The lowest BCUT2D eigenvalue weighted by molar-refractivity contribution is 0.170. The molecule has 0 aliphatic heterocycles. The third-order valence-electron chi connectivity index (χ3n) is 4.04. The standard InChI is InChI=1S/C16H21ClN4/c1-11(17)15-19-14-12(9-18)7-6-8-13(14)21(15)10-16(2,3)20(4)5/h6-8,11H,10H2,1-5H3. The second-order valence-electron chi connectivity index (χ2n) is 6.16. The molecule has 1 unspecified atom stereocenters. The maximum atomic E-state index is 9.25. The maximum Gasteiger partial charge on any atom is 0.127 e. The molecule has 5 heteroatoms. The van der Waals surface area contributed by atoms with Crippen LogP contribution in [0.15, 0.2) is 18.2 Å². The third kappa shape index (κ3) is 2.90. The Balaban J connectivity index is 2.66. The first-order chi connectivity index (χ1) is 9.77. The fourth-order valence-corrected chi connectivity index (χ4v) is 2.42. The molecule has 0 bridgehead atoms. The van der Waals surface area contributed by atoms with Gasteiger partial charge in [-0.2, -0.15) is 5.26 Å². The lowest BCUT2D eigenvalue weighted by Gasteiger charge is -2.33. The van der Waals surface area contributed by atoms with Crippen LogP contribution in [0.1, 0.15) is 37.5 Å². The van der Waals surface area contributed by atoms with Crippen molar-refractivity contribution in [1.82, 2.24) is 14.5 Å². The molecular formula is C16H21ClN4. The highest BCUT2D eigenvalue weighted by Crippen LogP contribution is 2.28. The molecule has 112 valence electrons. The normalized spacial score (nSPS) is 13.6. The molecular weight excluding hydrogens is 284 g/mol. The molecule has 0 saturated heterocycles. The second-order valence-corrected chi connectivity index (χ2v) is 6.82. The monoisotopic (exact) mass is 304 g/mol. The van der Waals surface area contributed by atoms with Crippen LogP contribution in [0.5, 0.6) is 0 Å². The van der Waals surface area contributed by atoms with Gasteiger partial charge in [-0.05, 0) is 47.0 Å². The molecule has 0 amide bonds. The van der Waals surface area contributed by atoms with Crippen molar-refractivity contribution in [2.45, 2.75) is 38.2 Å². The Morgan fingerprint density at radius 1 is 1.43 bits per heavy atom. The predicted molar refractivity (Wildman–Crippen MR) is 86.5 cm³/mol. The molecule has 1 aromatic heterocycles. The van der Waals surface area contributed by atoms with Gasteiger partial charge in [0.1, 0.15) is 17.4 Å². The van der Waals surface area contributed by atoms with Crippen molar-refractivity contribution >= 4 is 22.6 Å². The quantitative estimate of drug-likeness (QED) is 0.811. The number of fused-ring (bicyclic) bond motifs is 1. The molecule has 0 aliphatic carbocycles. The summed E-state index contributed by atoms with van der Waals surface area (Å²) in [5, 5.41) is 9.05. The summed E-state index contributed by atoms with van der Waals surface area (Å²) in [4.78, 5) is 6.79. The number of imidazole rings is 1. The average molecular weight is 305 g/mol. The van der Waals surface area contributed by atoms with Crippen molar-refractivity contribution < 1.29 is 0 Å². The Labute approximate surface area is 130 Å². The molecule has 1 aromatic carbocycles. The largest absolute Gasteiger partial charge is 0.325 e. The van der Waals surface area contributed by atoms with Crippen LogP contribution in [0.4, 0.5) is 0 Å². The smallest absolute Gasteiger partial charge is 0.127 e. The Bertz CT molecular complexity index is 692. The van der Waals surface area contributed by atoms with Crippen molar-refractivity contribution in [1.29, 1.82) is 5.26 Å². The first-order valence-corrected chi connectivity index (χ1v) is 7.42. The van der Waals surface area contributed by atoms with E-state index in [9.17, 15) is 5.26 Å². The minimum Gasteiger partial charge on any atom is -0.325 e. The molecule has 1 atom stereocenters. The predicted octanol–water partition coefficient (Wildman–Crippen LogP) is 3.55. The van der Waals surface area contributed by atoms with E-state index in [1.54, 1.807) is 6.07 Å². The number of aromatic nitrogens is 2. The Kier molecular flexibility index (Phi) is 4.27. The molecule has 2 aromatic rings. The third-order valence-corrected chi connectivity index (χ3v) is 4.24. The number of nitriles is 1. The first kappa shape index (κ1) is 15.8. The van der Waals surface area contributed by atoms with Gasteiger partial charge >= 0.3 is 0 Å². The number of hydrogen-bond acceptors (Lipinski definition) is 3. The minimum atomic E-state index is -0.207. The van der Waals surface area contributed by atoms with Crippen molar-refractivity contribution in [2.75, 3.05) is 14.1 Å². The van der Waals surface area contributed by atoms with Gasteiger partial charge in [0.2, 0.25) is 0 Å². The summed E-state index contributed by atoms with van der Waals surface area (Å²) in [7, 11) is 4.12. The van der Waals surface area contributed by atoms with E-state index in [1.807, 2.05) is 19.1 Å². The number of benzene rings is 1. The zero-order chi connectivity index (χ0) is 15.8. The Morgan fingerprint density at radius 3 is 2.62 bits per heavy atom. The number of hydrogen-bond donors (Lipinski definition) is 0. The minimum absolute atomic E-state index is 0.0448. The molecule has 0 radical (unpaired) electrons. The molecule has 0 spiro atoms. The van der Waals surface area contributed by atoms with Gasteiger partial charge in [-0.3, -0.25) is 0 Å². The highest BCUT2D eigenvalue weighted by molar-refractivity contribution is 6.20. The van der Waals surface area contributed by atoms with Gasteiger partial charge in [0.05, 0.1) is 16.5 Å². The zero-order valence-electron chi connectivity index (χ0n) is 13.2. The summed E-state index contributed by atoms with van der Waals surface area (Å²) < 4.78 is 2.13. The molecule has 21 heavy (non-hydrogen) atoms. The van der Waals surface area contributed by atoms with Crippen LogP contribution in [0, 0.1) is 11.3 Å². The Morgan fingerprint density at radius 2 is 2.10 bits per heavy atom. The van der Waals surface area contributed by atoms with Gasteiger partial charge in [-0.15, -0.1) is 11.6 Å². The molecule has 4 nitrogen and oxygen atoms in total. The molecule has 2 rings (SSSR count). The van der Waals surface area contributed by atoms with E-state index in [0.717, 1.165) is 23.4 Å². The number of nitrogens with zero attached hydrogens (tertiary/aromatic N) is 4. The fraction of sp³-hybridized carbons (Fsp3) is 0.500. The van der Waals surface area contributed by atoms with Gasteiger partial charge in [-0.1, -0.05) is 6.07 Å². The van der Waals surface area contributed by atoms with Crippen molar-refractivity contribution in [3.63, 3.8) is 0 Å². The number of rotatable bonds is 4. The van der Waals surface area contributed by atoms with Gasteiger partial charge in [0.15, 0.2) is 0 Å². The highest BCUT2D eigenvalue weighted by Gasteiger charge is 2.25. The van der Waals surface area contributed by atoms with E-state index in [1.165, 1.54) is 0 Å². The van der Waals surface area contributed by atoms with Crippen LogP contribution in [0.2, 0.25) is 0 Å². The van der Waals surface area contributed by atoms with Crippen molar-refractivity contribution in [3.8, 4) is 6.07 Å². The van der Waals surface area contributed by atoms with Crippen LogP contribution >= 0.6 is 11.6 Å². The van der Waals surface area contributed by atoms with E-state index in [-0.39, 0.29) is 10.9 Å².